The minimum Gasteiger partial charge on any atom is -0.338 e. The van der Waals surface area contributed by atoms with Crippen molar-refractivity contribution in [2.75, 3.05) is 26.2 Å². The Morgan fingerprint density at radius 2 is 1.52 bits per heavy atom. The summed E-state index contributed by atoms with van der Waals surface area (Å²) in [7, 11) is -3.64. The lowest BCUT2D eigenvalue weighted by Crippen LogP contribution is -2.59. The van der Waals surface area contributed by atoms with Crippen molar-refractivity contribution in [2.45, 2.75) is 43.0 Å². The Bertz CT molecular complexity index is 796. The molecule has 0 bridgehead atoms. The van der Waals surface area contributed by atoms with Crippen molar-refractivity contribution >= 4 is 34.1 Å². The van der Waals surface area contributed by atoms with E-state index in [1.54, 1.807) is 4.90 Å². The van der Waals surface area contributed by atoms with Gasteiger partial charge in [-0.15, -0.1) is 12.4 Å². The van der Waals surface area contributed by atoms with Gasteiger partial charge in [0.1, 0.15) is 0 Å². The molecule has 27 heavy (non-hydrogen) atoms. The molecule has 2 aliphatic rings. The van der Waals surface area contributed by atoms with E-state index in [4.69, 9.17) is 5.73 Å². The van der Waals surface area contributed by atoms with Crippen LogP contribution in [0.15, 0.2) is 29.2 Å². The molecule has 7 nitrogen and oxygen atoms in total. The van der Waals surface area contributed by atoms with Gasteiger partial charge in [-0.3, -0.25) is 9.59 Å². The Balaban J connectivity index is 0.00000261. The maximum Gasteiger partial charge on any atom is 0.243 e. The van der Waals surface area contributed by atoms with Crippen molar-refractivity contribution < 1.29 is 18.0 Å². The molecular formula is C18H26ClN3O4S. The lowest BCUT2D eigenvalue weighted by molar-refractivity contribution is -0.138. The average Bonchev–Trinajstić information content (AvgIpc) is 3.09. The standard InChI is InChI=1S/C18H25N3O4S.ClH/c1-14(22)15-4-6-16(7-5-15)26(24,25)21-12-10-20(11-13-21)17(23)18(19)8-2-3-9-18;/h4-7H,2-3,8-13,19H2,1H3;1H. The number of ketones is 1. The zero-order valence-electron chi connectivity index (χ0n) is 15.4. The Hall–Kier alpha value is -1.48. The van der Waals surface area contributed by atoms with Gasteiger partial charge in [0.2, 0.25) is 15.9 Å². The van der Waals surface area contributed by atoms with Gasteiger partial charge in [0.15, 0.2) is 5.78 Å². The molecule has 1 aliphatic carbocycles. The van der Waals surface area contributed by atoms with Crippen LogP contribution >= 0.6 is 12.4 Å². The number of hydrogen-bond donors (Lipinski definition) is 1. The van der Waals surface area contributed by atoms with Gasteiger partial charge in [0.05, 0.1) is 10.4 Å². The highest BCUT2D eigenvalue weighted by atomic mass is 35.5. The third kappa shape index (κ3) is 4.34. The Morgan fingerprint density at radius 3 is 2.00 bits per heavy atom. The number of hydrogen-bond acceptors (Lipinski definition) is 5. The summed E-state index contributed by atoms with van der Waals surface area (Å²) in [6, 6.07) is 5.95. The van der Waals surface area contributed by atoms with E-state index >= 15 is 0 Å². The van der Waals surface area contributed by atoms with Gasteiger partial charge in [-0.2, -0.15) is 4.31 Å². The fourth-order valence-corrected chi connectivity index (χ4v) is 5.10. The first-order valence-corrected chi connectivity index (χ1v) is 10.4. The molecule has 1 aliphatic heterocycles. The lowest BCUT2D eigenvalue weighted by atomic mass is 9.97. The quantitative estimate of drug-likeness (QED) is 0.749. The van der Waals surface area contributed by atoms with E-state index in [1.165, 1.54) is 35.5 Å². The number of halogens is 1. The molecule has 0 unspecified atom stereocenters. The number of benzene rings is 1. The summed E-state index contributed by atoms with van der Waals surface area (Å²) < 4.78 is 26.9. The monoisotopic (exact) mass is 415 g/mol. The van der Waals surface area contributed by atoms with Crippen LogP contribution < -0.4 is 5.73 Å². The van der Waals surface area contributed by atoms with Gasteiger partial charge < -0.3 is 10.6 Å². The number of nitrogens with zero attached hydrogens (tertiary/aromatic N) is 2. The number of sulfonamides is 1. The van der Waals surface area contributed by atoms with E-state index in [1.807, 2.05) is 0 Å². The highest BCUT2D eigenvalue weighted by Crippen LogP contribution is 2.29. The van der Waals surface area contributed by atoms with E-state index in [9.17, 15) is 18.0 Å². The average molecular weight is 416 g/mol. The second-order valence-corrected chi connectivity index (χ2v) is 9.08. The van der Waals surface area contributed by atoms with Crippen molar-refractivity contribution in [2.24, 2.45) is 5.73 Å². The number of nitrogens with two attached hydrogens (primary N) is 1. The summed E-state index contributed by atoms with van der Waals surface area (Å²) in [5.41, 5.74) is 5.93. The molecule has 1 saturated heterocycles. The first kappa shape index (κ1) is 21.8. The van der Waals surface area contributed by atoms with Crippen LogP contribution in [0.3, 0.4) is 0 Å². The number of carbonyl (C=O) groups excluding carboxylic acids is 2. The number of rotatable bonds is 4. The van der Waals surface area contributed by atoms with Crippen LogP contribution in [-0.2, 0) is 14.8 Å². The molecule has 3 rings (SSSR count). The molecule has 1 saturated carbocycles. The third-order valence-corrected chi connectivity index (χ3v) is 7.26. The second kappa shape index (κ2) is 8.26. The highest BCUT2D eigenvalue weighted by molar-refractivity contribution is 7.89. The number of carbonyl (C=O) groups is 2. The summed E-state index contributed by atoms with van der Waals surface area (Å²) in [4.78, 5) is 25.8. The predicted molar refractivity (Wildman–Crippen MR) is 104 cm³/mol. The van der Waals surface area contributed by atoms with Crippen LogP contribution in [0.1, 0.15) is 43.0 Å². The molecule has 1 aromatic carbocycles. The molecule has 1 amide bonds. The van der Waals surface area contributed by atoms with E-state index in [2.05, 4.69) is 0 Å². The minimum atomic E-state index is -3.64. The molecule has 1 aromatic rings. The normalized spacial score (nSPS) is 20.1. The first-order valence-electron chi connectivity index (χ1n) is 8.93. The fourth-order valence-electron chi connectivity index (χ4n) is 3.68. The molecule has 2 N–H and O–H groups in total. The third-order valence-electron chi connectivity index (χ3n) is 5.35. The number of amides is 1. The van der Waals surface area contributed by atoms with Crippen molar-refractivity contribution in [3.05, 3.63) is 29.8 Å². The van der Waals surface area contributed by atoms with Crippen molar-refractivity contribution in [3.63, 3.8) is 0 Å². The maximum absolute atomic E-state index is 12.8. The van der Waals surface area contributed by atoms with Crippen molar-refractivity contribution in [1.82, 2.24) is 9.21 Å². The zero-order chi connectivity index (χ0) is 18.9. The van der Waals surface area contributed by atoms with Gasteiger partial charge in [0.25, 0.3) is 0 Å². The van der Waals surface area contributed by atoms with Crippen LogP contribution in [0.5, 0.6) is 0 Å². The topological polar surface area (TPSA) is 101 Å². The van der Waals surface area contributed by atoms with Gasteiger partial charge in [-0.25, -0.2) is 8.42 Å². The largest absolute Gasteiger partial charge is 0.338 e. The number of piperazine rings is 1. The van der Waals surface area contributed by atoms with Crippen LogP contribution in [0.25, 0.3) is 0 Å². The molecule has 0 aromatic heterocycles. The lowest BCUT2D eigenvalue weighted by Gasteiger charge is -2.37. The zero-order valence-corrected chi connectivity index (χ0v) is 17.0. The van der Waals surface area contributed by atoms with Gasteiger partial charge in [0, 0.05) is 31.7 Å². The molecular weight excluding hydrogens is 390 g/mol. The van der Waals surface area contributed by atoms with Crippen LogP contribution in [-0.4, -0.2) is 61.0 Å². The molecule has 2 fully saturated rings. The summed E-state index contributed by atoms with van der Waals surface area (Å²) >= 11 is 0. The van der Waals surface area contributed by atoms with Crippen molar-refractivity contribution in [1.29, 1.82) is 0 Å². The van der Waals surface area contributed by atoms with Crippen LogP contribution in [0.2, 0.25) is 0 Å². The van der Waals surface area contributed by atoms with Crippen LogP contribution in [0, 0.1) is 0 Å². The van der Waals surface area contributed by atoms with Crippen molar-refractivity contribution in [3.8, 4) is 0 Å². The molecule has 0 atom stereocenters. The molecule has 0 radical (unpaired) electrons. The van der Waals surface area contributed by atoms with E-state index in [-0.39, 0.29) is 42.1 Å². The maximum atomic E-state index is 12.8. The van der Waals surface area contributed by atoms with E-state index in [0.29, 0.717) is 31.5 Å². The molecule has 1 heterocycles. The smallest absolute Gasteiger partial charge is 0.243 e. The summed E-state index contributed by atoms with van der Waals surface area (Å²) in [5, 5.41) is 0. The van der Waals surface area contributed by atoms with Gasteiger partial charge >= 0.3 is 0 Å². The predicted octanol–water partition coefficient (Wildman–Crippen LogP) is 1.42. The summed E-state index contributed by atoms with van der Waals surface area (Å²) in [6.45, 7) is 2.64. The van der Waals surface area contributed by atoms with Crippen LogP contribution in [0.4, 0.5) is 0 Å². The van der Waals surface area contributed by atoms with E-state index in [0.717, 1.165) is 12.8 Å². The van der Waals surface area contributed by atoms with Gasteiger partial charge in [-0.05, 0) is 31.9 Å². The molecule has 150 valence electrons. The fraction of sp³-hybridized carbons (Fsp3) is 0.556. The summed E-state index contributed by atoms with van der Waals surface area (Å²) in [5.74, 6) is -0.165. The minimum absolute atomic E-state index is 0. The molecule has 9 heteroatoms. The molecule has 0 spiro atoms. The Labute approximate surface area is 166 Å². The number of Topliss-reactive ketones (excluding diaryl/α,β-unsaturated/α-hetero) is 1. The first-order chi connectivity index (χ1) is 12.2. The SMILES string of the molecule is CC(=O)c1ccc(S(=O)(=O)N2CCN(C(=O)C3(N)CCCC3)CC2)cc1.Cl. The summed E-state index contributed by atoms with van der Waals surface area (Å²) in [6.07, 6.45) is 3.33. The Kier molecular flexibility index (Phi) is 6.68. The highest BCUT2D eigenvalue weighted by Gasteiger charge is 2.41. The Morgan fingerprint density at radius 1 is 1.00 bits per heavy atom. The van der Waals surface area contributed by atoms with E-state index < -0.39 is 15.6 Å². The second-order valence-electron chi connectivity index (χ2n) is 7.14. The van der Waals surface area contributed by atoms with Gasteiger partial charge in [-0.1, -0.05) is 25.0 Å².